The van der Waals surface area contributed by atoms with E-state index in [-0.39, 0.29) is 17.2 Å². The molecule has 0 aliphatic rings. The fourth-order valence-electron chi connectivity index (χ4n) is 3.42. The Kier molecular flexibility index (Phi) is 7.24. The summed E-state index contributed by atoms with van der Waals surface area (Å²) in [5.41, 5.74) is 4.02. The Balaban J connectivity index is 1.83. The molecule has 0 aliphatic heterocycles. The number of ether oxygens (including phenoxy) is 1. The summed E-state index contributed by atoms with van der Waals surface area (Å²) in [6.45, 7) is 2.45. The van der Waals surface area contributed by atoms with Crippen molar-refractivity contribution < 1.29 is 13.9 Å². The highest BCUT2D eigenvalue weighted by Crippen LogP contribution is 2.34. The normalized spacial score (nSPS) is 10.9. The van der Waals surface area contributed by atoms with Crippen LogP contribution in [-0.4, -0.2) is 27.5 Å². The number of nitrogens with one attached hydrogen (secondary N) is 3. The molecule has 0 bridgehead atoms. The van der Waals surface area contributed by atoms with Crippen LogP contribution >= 0.6 is 11.6 Å². The minimum atomic E-state index is -0.547. The van der Waals surface area contributed by atoms with E-state index >= 15 is 0 Å². The molecule has 0 spiro atoms. The Morgan fingerprint density at radius 3 is 2.86 bits per heavy atom. The van der Waals surface area contributed by atoms with Gasteiger partial charge in [-0.3, -0.25) is 4.98 Å². The SMILES string of the molecule is CCOC(=O)C=Cc1cc(NCc2cnc[nH]2)cc2c(Nc3ccc(F)c(Cl)c3)c(C#N)cnc12. The maximum absolute atomic E-state index is 13.7. The lowest BCUT2D eigenvalue weighted by atomic mass is 10.0. The molecule has 4 rings (SSSR count). The van der Waals surface area contributed by atoms with E-state index < -0.39 is 11.8 Å². The summed E-state index contributed by atoms with van der Waals surface area (Å²) in [5.74, 6) is -1.03. The Morgan fingerprint density at radius 2 is 2.14 bits per heavy atom. The second kappa shape index (κ2) is 10.7. The van der Waals surface area contributed by atoms with Gasteiger partial charge in [-0.1, -0.05) is 11.6 Å². The van der Waals surface area contributed by atoms with Gasteiger partial charge in [0.15, 0.2) is 0 Å². The number of hydrogen-bond acceptors (Lipinski definition) is 7. The topological polar surface area (TPSA) is 116 Å². The first-order chi connectivity index (χ1) is 17.0. The number of aromatic nitrogens is 3. The maximum Gasteiger partial charge on any atom is 0.330 e. The van der Waals surface area contributed by atoms with E-state index in [1.807, 2.05) is 12.1 Å². The van der Waals surface area contributed by atoms with E-state index in [0.29, 0.717) is 40.1 Å². The zero-order chi connectivity index (χ0) is 24.8. The number of hydrogen-bond donors (Lipinski definition) is 3. The molecular weight excluding hydrogens is 471 g/mol. The van der Waals surface area contributed by atoms with Crippen LogP contribution in [0, 0.1) is 17.1 Å². The summed E-state index contributed by atoms with van der Waals surface area (Å²) in [7, 11) is 0. The molecule has 0 aliphatic carbocycles. The van der Waals surface area contributed by atoms with E-state index in [1.165, 1.54) is 30.5 Å². The van der Waals surface area contributed by atoms with Gasteiger partial charge in [-0.05, 0) is 43.3 Å². The van der Waals surface area contributed by atoms with Gasteiger partial charge < -0.3 is 20.4 Å². The van der Waals surface area contributed by atoms with E-state index in [1.54, 1.807) is 25.5 Å². The number of carbonyl (C=O) groups excluding carboxylic acids is 1. The molecule has 2 heterocycles. The number of imidazole rings is 1. The molecule has 0 atom stereocenters. The summed E-state index contributed by atoms with van der Waals surface area (Å²) in [5, 5.41) is 16.8. The Hall–Kier alpha value is -4.42. The molecule has 3 N–H and O–H groups in total. The average molecular weight is 491 g/mol. The number of pyridine rings is 1. The monoisotopic (exact) mass is 490 g/mol. The van der Waals surface area contributed by atoms with Crippen molar-refractivity contribution >= 4 is 51.6 Å². The average Bonchev–Trinajstić information content (AvgIpc) is 3.38. The van der Waals surface area contributed by atoms with Crippen molar-refractivity contribution in [1.29, 1.82) is 5.26 Å². The lowest BCUT2D eigenvalue weighted by molar-refractivity contribution is -0.137. The lowest BCUT2D eigenvalue weighted by Crippen LogP contribution is -2.03. The van der Waals surface area contributed by atoms with Crippen molar-refractivity contribution in [2.45, 2.75) is 13.5 Å². The number of carbonyl (C=O) groups is 1. The van der Waals surface area contributed by atoms with Gasteiger partial charge in [0.05, 0.1) is 47.0 Å². The summed E-state index contributed by atoms with van der Waals surface area (Å²) in [6, 6.07) is 10.0. The Labute approximate surface area is 205 Å². The molecule has 2 aromatic carbocycles. The van der Waals surface area contributed by atoms with Crippen LogP contribution in [0.5, 0.6) is 0 Å². The van der Waals surface area contributed by atoms with Gasteiger partial charge in [0.2, 0.25) is 0 Å². The van der Waals surface area contributed by atoms with Crippen molar-refractivity contribution in [3.63, 3.8) is 0 Å². The predicted molar refractivity (Wildman–Crippen MR) is 133 cm³/mol. The Bertz CT molecular complexity index is 1450. The summed E-state index contributed by atoms with van der Waals surface area (Å²) >= 11 is 5.95. The third-order valence-corrected chi connectivity index (χ3v) is 5.32. The van der Waals surface area contributed by atoms with Gasteiger partial charge in [0.25, 0.3) is 0 Å². The van der Waals surface area contributed by atoms with Crippen LogP contribution in [0.15, 0.2) is 55.1 Å². The molecule has 176 valence electrons. The first-order valence-electron chi connectivity index (χ1n) is 10.6. The minimum Gasteiger partial charge on any atom is -0.463 e. The second-order valence-corrected chi connectivity index (χ2v) is 7.80. The zero-order valence-corrected chi connectivity index (χ0v) is 19.4. The van der Waals surface area contributed by atoms with Crippen molar-refractivity contribution in [3.8, 4) is 6.07 Å². The molecular formula is C25H20ClFN6O2. The maximum atomic E-state index is 13.7. The fraction of sp³-hybridized carbons (Fsp3) is 0.120. The van der Waals surface area contributed by atoms with Crippen LogP contribution in [0.25, 0.3) is 17.0 Å². The number of nitrogens with zero attached hydrogens (tertiary/aromatic N) is 3. The molecule has 0 saturated heterocycles. The third kappa shape index (κ3) is 5.57. The van der Waals surface area contributed by atoms with Gasteiger partial charge >= 0.3 is 5.97 Å². The quantitative estimate of drug-likeness (QED) is 0.219. The van der Waals surface area contributed by atoms with Gasteiger partial charge in [-0.2, -0.15) is 5.26 Å². The van der Waals surface area contributed by atoms with Gasteiger partial charge in [-0.25, -0.2) is 14.2 Å². The highest BCUT2D eigenvalue weighted by molar-refractivity contribution is 6.31. The standard InChI is InChI=1S/C25H20ClFN6O2/c1-2-35-23(34)6-3-15-7-18(30-13-19-12-29-14-32-19)8-20-24(15)31-11-16(10-28)25(20)33-17-4-5-22(27)21(26)9-17/h3-9,11-12,14,30H,2,13H2,1H3,(H,29,32)(H,31,33). The highest BCUT2D eigenvalue weighted by atomic mass is 35.5. The molecule has 0 saturated carbocycles. The lowest BCUT2D eigenvalue weighted by Gasteiger charge is -2.15. The summed E-state index contributed by atoms with van der Waals surface area (Å²) in [6.07, 6.45) is 7.66. The van der Waals surface area contributed by atoms with Crippen LogP contribution in [0.4, 0.5) is 21.5 Å². The molecule has 0 unspecified atom stereocenters. The molecule has 4 aromatic rings. The van der Waals surface area contributed by atoms with Crippen molar-refractivity contribution in [1.82, 2.24) is 15.0 Å². The second-order valence-electron chi connectivity index (χ2n) is 7.39. The molecule has 2 aromatic heterocycles. The van der Waals surface area contributed by atoms with E-state index in [9.17, 15) is 14.4 Å². The highest BCUT2D eigenvalue weighted by Gasteiger charge is 2.14. The molecule has 0 radical (unpaired) electrons. The van der Waals surface area contributed by atoms with Crippen LogP contribution < -0.4 is 10.6 Å². The number of H-pyrrole nitrogens is 1. The van der Waals surface area contributed by atoms with Gasteiger partial charge in [-0.15, -0.1) is 0 Å². The smallest absolute Gasteiger partial charge is 0.330 e. The number of anilines is 3. The summed E-state index contributed by atoms with van der Waals surface area (Å²) < 4.78 is 18.7. The van der Waals surface area contributed by atoms with Gasteiger partial charge in [0, 0.05) is 40.8 Å². The summed E-state index contributed by atoms with van der Waals surface area (Å²) in [4.78, 5) is 23.4. The van der Waals surface area contributed by atoms with Crippen LogP contribution in [0.3, 0.4) is 0 Å². The molecule has 10 heteroatoms. The number of halogens is 2. The third-order valence-electron chi connectivity index (χ3n) is 5.03. The van der Waals surface area contributed by atoms with Crippen molar-refractivity contribution in [3.05, 3.63) is 82.8 Å². The number of nitriles is 1. The number of aromatic amines is 1. The molecule has 8 nitrogen and oxygen atoms in total. The zero-order valence-electron chi connectivity index (χ0n) is 18.6. The van der Waals surface area contributed by atoms with Crippen LogP contribution in [0.1, 0.15) is 23.7 Å². The number of benzene rings is 2. The van der Waals surface area contributed by atoms with Crippen LogP contribution in [-0.2, 0) is 16.1 Å². The fourth-order valence-corrected chi connectivity index (χ4v) is 3.60. The van der Waals surface area contributed by atoms with Crippen molar-refractivity contribution in [2.24, 2.45) is 0 Å². The van der Waals surface area contributed by atoms with E-state index in [4.69, 9.17) is 16.3 Å². The number of rotatable bonds is 8. The van der Waals surface area contributed by atoms with Crippen LogP contribution in [0.2, 0.25) is 5.02 Å². The predicted octanol–water partition coefficient (Wildman–Crippen LogP) is 5.55. The van der Waals surface area contributed by atoms with E-state index in [2.05, 4.69) is 31.7 Å². The Morgan fingerprint density at radius 1 is 1.29 bits per heavy atom. The number of fused-ring (bicyclic) bond motifs is 1. The minimum absolute atomic E-state index is 0.0492. The molecule has 0 amide bonds. The number of esters is 1. The van der Waals surface area contributed by atoms with Crippen molar-refractivity contribution in [2.75, 3.05) is 17.2 Å². The molecule has 0 fully saturated rings. The first-order valence-corrected chi connectivity index (χ1v) is 11.0. The largest absolute Gasteiger partial charge is 0.463 e. The first kappa shape index (κ1) is 23.7. The van der Waals surface area contributed by atoms with E-state index in [0.717, 1.165) is 5.69 Å². The molecule has 35 heavy (non-hydrogen) atoms. The van der Waals surface area contributed by atoms with Gasteiger partial charge in [0.1, 0.15) is 11.9 Å².